The van der Waals surface area contributed by atoms with E-state index in [0.29, 0.717) is 33.6 Å². The number of aryl methyl sites for hydroxylation is 2. The second-order valence-electron chi connectivity index (χ2n) is 11.2. The molecule has 4 heterocycles. The summed E-state index contributed by atoms with van der Waals surface area (Å²) in [5.41, 5.74) is 4.53. The van der Waals surface area contributed by atoms with E-state index in [-0.39, 0.29) is 36.9 Å². The molecule has 6 nitrogen and oxygen atoms in total. The van der Waals surface area contributed by atoms with Gasteiger partial charge in [0.15, 0.2) is 8.24 Å². The molecule has 47 heavy (non-hydrogen) atoms. The number of nitrogens with zero attached hydrogens (tertiary/aromatic N) is 5. The third kappa shape index (κ3) is 6.61. The fraction of sp³-hybridized carbons (Fsp3) is 0.179. The SMILES string of the molecule is [2H]C([2H])([2H])c1cnc(-c2[c-]ccc3c2oc2c(-c4cn([Si](C)(CC)CC)cn4)c(C#N)ccc23)cc1C([2H])([2H])[2H].[Ir].[c-]1ccccc1-c1ccccn1. The predicted molar refractivity (Wildman–Crippen MR) is 188 cm³/mol. The first-order valence-electron chi connectivity index (χ1n) is 18.0. The van der Waals surface area contributed by atoms with Gasteiger partial charge in [0, 0.05) is 52.3 Å². The number of benzene rings is 3. The molecule has 0 fully saturated rings. The Bertz CT molecular complexity index is 2360. The van der Waals surface area contributed by atoms with Gasteiger partial charge in [0.25, 0.3) is 0 Å². The molecular weight excluding hydrogens is 775 g/mol. The molecule has 0 atom stereocenters. The van der Waals surface area contributed by atoms with Crippen LogP contribution in [0.1, 0.15) is 38.8 Å². The molecule has 237 valence electrons. The number of aromatic nitrogens is 4. The maximum atomic E-state index is 9.97. The topological polar surface area (TPSA) is 80.5 Å². The molecule has 0 N–H and O–H groups in total. The Morgan fingerprint density at radius 1 is 0.872 bits per heavy atom. The van der Waals surface area contributed by atoms with Crippen molar-refractivity contribution < 1.29 is 32.7 Å². The van der Waals surface area contributed by atoms with Crippen molar-refractivity contribution in [2.45, 2.75) is 46.2 Å². The van der Waals surface area contributed by atoms with Crippen LogP contribution < -0.4 is 0 Å². The minimum absolute atomic E-state index is 0. The van der Waals surface area contributed by atoms with E-state index in [2.05, 4.69) is 57.8 Å². The van der Waals surface area contributed by atoms with Crippen LogP contribution in [0.3, 0.4) is 0 Å². The zero-order valence-corrected chi connectivity index (χ0v) is 29.5. The second-order valence-corrected chi connectivity index (χ2v) is 16.1. The zero-order valence-electron chi connectivity index (χ0n) is 32.1. The molecule has 4 aromatic heterocycles. The Morgan fingerprint density at radius 2 is 1.68 bits per heavy atom. The third-order valence-corrected chi connectivity index (χ3v) is 13.1. The number of rotatable bonds is 6. The molecule has 0 amide bonds. The maximum Gasteiger partial charge on any atom is 0.159 e. The molecule has 8 heteroatoms. The summed E-state index contributed by atoms with van der Waals surface area (Å²) >= 11 is 0. The molecule has 0 aliphatic heterocycles. The smallest absolute Gasteiger partial charge is 0.159 e. The number of hydrogen-bond donors (Lipinski definition) is 0. The molecule has 0 saturated heterocycles. The minimum Gasteiger partial charge on any atom is -0.500 e. The Labute approximate surface area is 299 Å². The average molecular weight is 816 g/mol. The van der Waals surface area contributed by atoms with Crippen molar-refractivity contribution in [3.63, 3.8) is 0 Å². The molecule has 0 unspecified atom stereocenters. The van der Waals surface area contributed by atoms with Gasteiger partial charge in [-0.05, 0) is 54.9 Å². The Hall–Kier alpha value is -4.67. The molecule has 1 radical (unpaired) electrons. The minimum atomic E-state index is -2.66. The van der Waals surface area contributed by atoms with E-state index in [0.717, 1.165) is 40.3 Å². The van der Waals surface area contributed by atoms with Crippen molar-refractivity contribution in [2.75, 3.05) is 0 Å². The molecule has 0 spiro atoms. The first-order valence-corrected chi connectivity index (χ1v) is 17.9. The fourth-order valence-electron chi connectivity index (χ4n) is 5.37. The molecule has 0 aliphatic carbocycles. The van der Waals surface area contributed by atoms with E-state index >= 15 is 0 Å². The Balaban J connectivity index is 0.000000352. The normalized spacial score (nSPS) is 13.5. The van der Waals surface area contributed by atoms with Crippen LogP contribution in [0, 0.1) is 37.2 Å². The number of pyridine rings is 2. The van der Waals surface area contributed by atoms with Crippen molar-refractivity contribution in [1.82, 2.24) is 19.2 Å². The summed E-state index contributed by atoms with van der Waals surface area (Å²) in [6.45, 7) is 1.37. The summed E-state index contributed by atoms with van der Waals surface area (Å²) in [5, 5.41) is 11.5. The standard InChI is InChI=1S/C28H27N4OSi.C11H8N.Ir/c1-6-34(5,7-2)32-16-25(31-17-32)26-20(14-29)11-12-22-21-9-8-10-23(27(21)33-28(22)26)24-13-18(3)19(4)15-30-24;1-2-6-10(7-3-1)11-8-4-5-9-12-11;/h8-9,11-13,15-17H,6-7H2,1-5H3;1-6,8-9H;/q2*-1;/i3D3,4D3;;. The van der Waals surface area contributed by atoms with Crippen molar-refractivity contribution >= 4 is 30.2 Å². The summed E-state index contributed by atoms with van der Waals surface area (Å²) in [4.78, 5) is 13.2. The van der Waals surface area contributed by atoms with E-state index in [9.17, 15) is 5.26 Å². The predicted octanol–water partition coefficient (Wildman–Crippen LogP) is 9.81. The van der Waals surface area contributed by atoms with Gasteiger partial charge in [0.2, 0.25) is 0 Å². The summed E-state index contributed by atoms with van der Waals surface area (Å²) in [6, 6.07) is 32.6. The van der Waals surface area contributed by atoms with Gasteiger partial charge in [-0.25, -0.2) is 4.98 Å². The number of hydrogen-bond acceptors (Lipinski definition) is 5. The number of furan rings is 1. The average Bonchev–Trinajstić information content (AvgIpc) is 3.80. The molecular formula is C39H35IrN5OSi-2. The Morgan fingerprint density at radius 3 is 2.38 bits per heavy atom. The van der Waals surface area contributed by atoms with E-state index in [1.54, 1.807) is 18.3 Å². The van der Waals surface area contributed by atoms with Crippen LogP contribution in [0.25, 0.3) is 55.7 Å². The molecule has 7 rings (SSSR count). The summed E-state index contributed by atoms with van der Waals surface area (Å²) in [5.74, 6) is 0. The molecule has 0 bridgehead atoms. The number of nitriles is 1. The van der Waals surface area contributed by atoms with E-state index < -0.39 is 21.9 Å². The Kier molecular flexibility index (Phi) is 8.09. The van der Waals surface area contributed by atoms with Gasteiger partial charge in [-0.1, -0.05) is 61.2 Å². The summed E-state index contributed by atoms with van der Waals surface area (Å²) in [6.07, 6.45) is 6.71. The van der Waals surface area contributed by atoms with Crippen LogP contribution in [-0.2, 0) is 20.1 Å². The van der Waals surface area contributed by atoms with Crippen LogP contribution >= 0.6 is 0 Å². The van der Waals surface area contributed by atoms with Crippen molar-refractivity contribution in [1.29, 1.82) is 5.26 Å². The van der Waals surface area contributed by atoms with Gasteiger partial charge in [0.05, 0.1) is 34.8 Å². The van der Waals surface area contributed by atoms with Gasteiger partial charge in [-0.15, -0.1) is 54.1 Å². The monoisotopic (exact) mass is 816 g/mol. The van der Waals surface area contributed by atoms with Crippen LogP contribution in [0.15, 0.2) is 102 Å². The second kappa shape index (κ2) is 14.4. The first-order chi connectivity index (χ1) is 24.8. The van der Waals surface area contributed by atoms with Gasteiger partial charge in [-0.2, -0.15) is 5.26 Å². The fourth-order valence-corrected chi connectivity index (χ4v) is 7.37. The van der Waals surface area contributed by atoms with Gasteiger partial charge in [-0.3, -0.25) is 0 Å². The van der Waals surface area contributed by atoms with E-state index in [1.165, 1.54) is 6.07 Å². The third-order valence-electron chi connectivity index (χ3n) is 8.52. The molecule has 0 aliphatic rings. The van der Waals surface area contributed by atoms with Crippen molar-refractivity contribution in [2.24, 2.45) is 0 Å². The largest absolute Gasteiger partial charge is 0.500 e. The first kappa shape index (κ1) is 26.4. The quantitative estimate of drug-likeness (QED) is 0.123. The van der Waals surface area contributed by atoms with Crippen molar-refractivity contribution in [3.05, 3.63) is 127 Å². The van der Waals surface area contributed by atoms with Crippen LogP contribution in [0.4, 0.5) is 0 Å². The van der Waals surface area contributed by atoms with Crippen molar-refractivity contribution in [3.8, 4) is 39.8 Å². The number of imidazole rings is 1. The van der Waals surface area contributed by atoms with E-state index in [4.69, 9.17) is 12.6 Å². The summed E-state index contributed by atoms with van der Waals surface area (Å²) in [7, 11) is -1.76. The van der Waals surface area contributed by atoms with Gasteiger partial charge < -0.3 is 18.6 Å². The molecule has 3 aromatic carbocycles. The van der Waals surface area contributed by atoms with Crippen LogP contribution in [-0.4, -0.2) is 27.4 Å². The molecule has 7 aromatic rings. The summed E-state index contributed by atoms with van der Waals surface area (Å²) < 4.78 is 55.7. The number of fused-ring (bicyclic) bond motifs is 3. The molecule has 0 saturated carbocycles. The van der Waals surface area contributed by atoms with Gasteiger partial charge in [0.1, 0.15) is 5.58 Å². The zero-order chi connectivity index (χ0) is 37.3. The van der Waals surface area contributed by atoms with Gasteiger partial charge >= 0.3 is 0 Å². The van der Waals surface area contributed by atoms with Crippen LogP contribution in [0.5, 0.6) is 0 Å². The maximum absolute atomic E-state index is 9.97. The van der Waals surface area contributed by atoms with E-state index in [1.807, 2.05) is 67.1 Å². The van der Waals surface area contributed by atoms with Crippen LogP contribution in [0.2, 0.25) is 18.6 Å².